The number of rotatable bonds is 0. The molecule has 0 aliphatic heterocycles. The zero-order chi connectivity index (χ0) is 5.11. The molecule has 0 bridgehead atoms. The standard InChI is InChI=1S/C6H3S/c1-2-6-4-3-5-7-6/h3-5H/q-1. The van der Waals surface area contributed by atoms with Crippen molar-refractivity contribution in [2.75, 3.05) is 0 Å². The van der Waals surface area contributed by atoms with E-state index in [1.54, 1.807) is 0 Å². The van der Waals surface area contributed by atoms with Gasteiger partial charge in [-0.25, -0.2) is 11.3 Å². The highest BCUT2D eigenvalue weighted by Crippen LogP contribution is 2.04. The molecule has 1 rings (SSSR count). The van der Waals surface area contributed by atoms with Gasteiger partial charge in [-0.1, -0.05) is 10.9 Å². The molecule has 0 amide bonds. The van der Waals surface area contributed by atoms with Gasteiger partial charge in [0.1, 0.15) is 0 Å². The van der Waals surface area contributed by atoms with Gasteiger partial charge >= 0.3 is 0 Å². The lowest BCUT2D eigenvalue weighted by Gasteiger charge is -1.81. The topological polar surface area (TPSA) is 0 Å². The molecule has 0 unspecified atom stereocenters. The minimum Gasteiger partial charge on any atom is -0.365 e. The molecule has 34 valence electrons. The third-order valence-electron chi connectivity index (χ3n) is 0.644. The zero-order valence-corrected chi connectivity index (χ0v) is 4.46. The molecule has 1 aromatic heterocycles. The van der Waals surface area contributed by atoms with Crippen molar-refractivity contribution in [1.82, 2.24) is 0 Å². The average molecular weight is 107 g/mol. The maximum absolute atomic E-state index is 6.62. The average Bonchev–Trinajstić information content (AvgIpc) is 2.14. The Morgan fingerprint density at radius 3 is 2.86 bits per heavy atom. The lowest BCUT2D eigenvalue weighted by atomic mass is 10.5. The van der Waals surface area contributed by atoms with Crippen LogP contribution in [0.25, 0.3) is 0 Å². The van der Waals surface area contributed by atoms with Crippen LogP contribution in [0.4, 0.5) is 0 Å². The van der Waals surface area contributed by atoms with Crippen LogP contribution in [0.2, 0.25) is 0 Å². The maximum atomic E-state index is 6.62. The summed E-state index contributed by atoms with van der Waals surface area (Å²) in [5.74, 6) is 2.28. The van der Waals surface area contributed by atoms with Gasteiger partial charge in [-0.2, -0.15) is 0 Å². The van der Waals surface area contributed by atoms with Crippen molar-refractivity contribution >= 4 is 11.3 Å². The third-order valence-corrected chi connectivity index (χ3v) is 1.43. The van der Waals surface area contributed by atoms with Crippen LogP contribution in [-0.4, -0.2) is 0 Å². The minimum absolute atomic E-state index is 0.889. The highest BCUT2D eigenvalue weighted by Gasteiger charge is 1.68. The van der Waals surface area contributed by atoms with Gasteiger partial charge in [-0.05, 0) is 5.38 Å². The van der Waals surface area contributed by atoms with E-state index in [2.05, 4.69) is 5.92 Å². The van der Waals surface area contributed by atoms with E-state index in [0.717, 1.165) is 4.88 Å². The van der Waals surface area contributed by atoms with Crippen LogP contribution in [-0.2, 0) is 0 Å². The molecule has 0 aliphatic rings. The second kappa shape index (κ2) is 1.81. The van der Waals surface area contributed by atoms with Gasteiger partial charge in [0.2, 0.25) is 0 Å². The fraction of sp³-hybridized carbons (Fsp3) is 0. The highest BCUT2D eigenvalue weighted by molar-refractivity contribution is 7.10. The Bertz CT molecular complexity index is 167. The zero-order valence-electron chi connectivity index (χ0n) is 3.64. The number of hydrogen-bond acceptors (Lipinski definition) is 1. The summed E-state index contributed by atoms with van der Waals surface area (Å²) in [5.41, 5.74) is 0. The Hall–Kier alpha value is -0.740. The van der Waals surface area contributed by atoms with E-state index in [1.807, 2.05) is 17.5 Å². The summed E-state index contributed by atoms with van der Waals surface area (Å²) < 4.78 is 0. The first kappa shape index (κ1) is 4.42. The maximum Gasteiger partial charge on any atom is -0.0288 e. The molecule has 0 fully saturated rings. The molecule has 1 aromatic rings. The number of thiophene rings is 1. The normalized spacial score (nSPS) is 7.86. The van der Waals surface area contributed by atoms with Crippen LogP contribution in [0.3, 0.4) is 0 Å². The fourth-order valence-electron chi connectivity index (χ4n) is 0.350. The Morgan fingerprint density at radius 1 is 1.71 bits per heavy atom. The summed E-state index contributed by atoms with van der Waals surface area (Å²) in [6.45, 7) is 0. The van der Waals surface area contributed by atoms with Crippen molar-refractivity contribution < 1.29 is 0 Å². The molecule has 0 saturated heterocycles. The highest BCUT2D eigenvalue weighted by atomic mass is 32.1. The van der Waals surface area contributed by atoms with Crippen molar-refractivity contribution in [3.8, 4) is 5.92 Å². The number of hydrogen-bond donors (Lipinski definition) is 0. The van der Waals surface area contributed by atoms with Crippen LogP contribution in [0, 0.1) is 12.3 Å². The lowest BCUT2D eigenvalue weighted by Crippen LogP contribution is -1.49. The molecular weight excluding hydrogens is 104 g/mol. The lowest BCUT2D eigenvalue weighted by molar-refractivity contribution is 1.94. The van der Waals surface area contributed by atoms with Gasteiger partial charge in [0.15, 0.2) is 0 Å². The molecular formula is C6H3S-. The molecule has 0 radical (unpaired) electrons. The molecule has 0 aromatic carbocycles. The van der Waals surface area contributed by atoms with Crippen LogP contribution in [0.1, 0.15) is 4.88 Å². The predicted molar refractivity (Wildman–Crippen MR) is 30.6 cm³/mol. The molecule has 7 heavy (non-hydrogen) atoms. The second-order valence-electron chi connectivity index (χ2n) is 1.10. The molecule has 0 N–H and O–H groups in total. The van der Waals surface area contributed by atoms with Gasteiger partial charge in [-0.15, -0.1) is 6.07 Å². The second-order valence-corrected chi connectivity index (χ2v) is 2.05. The Labute approximate surface area is 46.8 Å². The van der Waals surface area contributed by atoms with Crippen LogP contribution in [0.15, 0.2) is 17.5 Å². The summed E-state index contributed by atoms with van der Waals surface area (Å²) in [5, 5.41) is 1.93. The van der Waals surface area contributed by atoms with Crippen LogP contribution in [0.5, 0.6) is 0 Å². The Morgan fingerprint density at radius 2 is 2.57 bits per heavy atom. The van der Waals surface area contributed by atoms with E-state index in [0.29, 0.717) is 0 Å². The summed E-state index contributed by atoms with van der Waals surface area (Å²) in [4.78, 5) is 0.889. The van der Waals surface area contributed by atoms with Gasteiger partial charge < -0.3 is 6.42 Å². The minimum atomic E-state index is 0.889. The van der Waals surface area contributed by atoms with E-state index in [4.69, 9.17) is 6.42 Å². The Balaban J connectivity index is 3.04. The summed E-state index contributed by atoms with van der Waals surface area (Å²) >= 11 is 1.52. The first-order valence-corrected chi connectivity index (χ1v) is 2.77. The van der Waals surface area contributed by atoms with Crippen LogP contribution >= 0.6 is 11.3 Å². The molecule has 1 heterocycles. The van der Waals surface area contributed by atoms with Crippen LogP contribution < -0.4 is 0 Å². The van der Waals surface area contributed by atoms with Crippen molar-refractivity contribution in [1.29, 1.82) is 0 Å². The first-order chi connectivity index (χ1) is 3.43. The largest absolute Gasteiger partial charge is 0.365 e. The summed E-state index contributed by atoms with van der Waals surface area (Å²) in [6, 6.07) is 3.76. The van der Waals surface area contributed by atoms with Gasteiger partial charge in [-0.3, -0.25) is 5.92 Å². The van der Waals surface area contributed by atoms with Crippen molar-refractivity contribution in [2.24, 2.45) is 0 Å². The molecule has 0 saturated carbocycles. The monoisotopic (exact) mass is 107 g/mol. The molecule has 0 nitrogen and oxygen atoms in total. The third kappa shape index (κ3) is 0.819. The van der Waals surface area contributed by atoms with Gasteiger partial charge in [0, 0.05) is 0 Å². The van der Waals surface area contributed by atoms with E-state index in [-0.39, 0.29) is 0 Å². The molecule has 1 heteroatoms. The van der Waals surface area contributed by atoms with Crippen molar-refractivity contribution in [3.05, 3.63) is 28.8 Å². The molecule has 0 spiro atoms. The van der Waals surface area contributed by atoms with Crippen molar-refractivity contribution in [2.45, 2.75) is 0 Å². The predicted octanol–water partition coefficient (Wildman–Crippen LogP) is 1.69. The van der Waals surface area contributed by atoms with E-state index in [1.165, 1.54) is 11.3 Å². The molecule has 0 atom stereocenters. The fourth-order valence-corrected chi connectivity index (χ4v) is 0.869. The summed E-state index contributed by atoms with van der Waals surface area (Å²) in [6.07, 6.45) is 6.62. The van der Waals surface area contributed by atoms with E-state index in [9.17, 15) is 0 Å². The van der Waals surface area contributed by atoms with Crippen molar-refractivity contribution in [3.63, 3.8) is 0 Å². The van der Waals surface area contributed by atoms with Gasteiger partial charge in [0.25, 0.3) is 0 Å². The first-order valence-electron chi connectivity index (χ1n) is 1.90. The molecule has 0 aliphatic carbocycles. The van der Waals surface area contributed by atoms with E-state index < -0.39 is 0 Å². The Kier molecular flexibility index (Phi) is 1.14. The SMILES string of the molecule is [C-]#Cc1cccs1. The summed E-state index contributed by atoms with van der Waals surface area (Å²) in [7, 11) is 0. The van der Waals surface area contributed by atoms with Gasteiger partial charge in [0.05, 0.1) is 0 Å². The smallest absolute Gasteiger partial charge is 0.0288 e. The quantitative estimate of drug-likeness (QED) is 0.349. The van der Waals surface area contributed by atoms with E-state index >= 15 is 0 Å².